The van der Waals surface area contributed by atoms with Crippen molar-refractivity contribution < 1.29 is 24.0 Å². The van der Waals surface area contributed by atoms with Crippen molar-refractivity contribution in [3.8, 4) is 12.3 Å². The van der Waals surface area contributed by atoms with Crippen molar-refractivity contribution in [1.82, 2.24) is 26.6 Å². The third-order valence-corrected chi connectivity index (χ3v) is 5.82. The molecule has 0 radical (unpaired) electrons. The van der Waals surface area contributed by atoms with Crippen LogP contribution < -0.4 is 26.6 Å². The van der Waals surface area contributed by atoms with Crippen LogP contribution in [0.2, 0.25) is 0 Å². The van der Waals surface area contributed by atoms with E-state index in [9.17, 15) is 24.0 Å². The van der Waals surface area contributed by atoms with E-state index in [0.29, 0.717) is 19.4 Å². The topological polar surface area (TPSA) is 146 Å². The summed E-state index contributed by atoms with van der Waals surface area (Å²) in [7, 11) is 3.46. The Balaban J connectivity index is -0.000000136. The Morgan fingerprint density at radius 2 is 1.40 bits per heavy atom. The number of amides is 4. The van der Waals surface area contributed by atoms with Crippen molar-refractivity contribution in [1.29, 1.82) is 0 Å². The molecule has 302 valence electrons. The summed E-state index contributed by atoms with van der Waals surface area (Å²) in [6, 6.07) is 7.64. The second-order valence-corrected chi connectivity index (χ2v) is 11.2. The van der Waals surface area contributed by atoms with E-state index in [1.807, 2.05) is 53.8 Å². The molecule has 1 aliphatic carbocycles. The maximum absolute atomic E-state index is 11.4. The summed E-state index contributed by atoms with van der Waals surface area (Å²) in [6.07, 6.45) is 16.6. The first-order valence-corrected chi connectivity index (χ1v) is 19.1. The third-order valence-electron chi connectivity index (χ3n) is 5.82. The minimum absolute atomic E-state index is 0.135. The lowest BCUT2D eigenvalue weighted by molar-refractivity contribution is -0.122. The molecule has 1 aromatic rings. The second kappa shape index (κ2) is 51.4. The molecule has 52 heavy (non-hydrogen) atoms. The molecule has 1 aliphatic rings. The van der Waals surface area contributed by atoms with E-state index in [0.717, 1.165) is 51.4 Å². The van der Waals surface area contributed by atoms with E-state index in [4.69, 9.17) is 6.42 Å². The van der Waals surface area contributed by atoms with Crippen LogP contribution in [0, 0.1) is 18.3 Å². The summed E-state index contributed by atoms with van der Waals surface area (Å²) in [5.74, 6) is 3.04. The Labute approximate surface area is 319 Å². The molecular formula is C42H79N5O5. The summed E-state index contributed by atoms with van der Waals surface area (Å²) < 4.78 is 0. The minimum atomic E-state index is -0.414. The lowest BCUT2D eigenvalue weighted by Gasteiger charge is -2.18. The molecule has 0 aliphatic heterocycles. The predicted molar refractivity (Wildman–Crippen MR) is 223 cm³/mol. The predicted octanol–water partition coefficient (Wildman–Crippen LogP) is 7.59. The SMILES string of the molecule is C#CCCC(C)NC(=O)CCCCNC.C=CCNC=O.CC.CC.CC(C)=O.CCC.CCC.CNC(=O)NC(C=O)C1Cc2ccccc2C1. The molecule has 0 heterocycles. The van der Waals surface area contributed by atoms with Gasteiger partial charge >= 0.3 is 6.03 Å². The molecule has 10 nitrogen and oxygen atoms in total. The Hall–Kier alpha value is -3.97. The van der Waals surface area contributed by atoms with Gasteiger partial charge < -0.3 is 36.2 Å². The van der Waals surface area contributed by atoms with Crippen molar-refractivity contribution in [2.75, 3.05) is 27.2 Å². The van der Waals surface area contributed by atoms with Crippen LogP contribution >= 0.6 is 0 Å². The summed E-state index contributed by atoms with van der Waals surface area (Å²) in [5, 5.41) is 13.5. The fourth-order valence-electron chi connectivity index (χ4n) is 3.77. The van der Waals surface area contributed by atoms with E-state index in [-0.39, 0.29) is 29.7 Å². The van der Waals surface area contributed by atoms with Gasteiger partial charge in [0.2, 0.25) is 12.3 Å². The van der Waals surface area contributed by atoms with Gasteiger partial charge in [0.05, 0.1) is 6.04 Å². The number of fused-ring (bicyclic) bond motifs is 1. The molecule has 0 aromatic heterocycles. The molecule has 4 amide bonds. The second-order valence-electron chi connectivity index (χ2n) is 11.2. The van der Waals surface area contributed by atoms with Crippen LogP contribution in [0.4, 0.5) is 4.79 Å². The quantitative estimate of drug-likeness (QED) is 0.0577. The Bertz CT molecular complexity index is 972. The fraction of sp³-hybridized carbons (Fsp3) is 0.643. The van der Waals surface area contributed by atoms with Gasteiger partial charge in [-0.25, -0.2) is 4.79 Å². The molecule has 5 N–H and O–H groups in total. The van der Waals surface area contributed by atoms with Crippen molar-refractivity contribution in [2.24, 2.45) is 5.92 Å². The highest BCUT2D eigenvalue weighted by Gasteiger charge is 2.29. The number of hydrogen-bond donors (Lipinski definition) is 5. The zero-order chi connectivity index (χ0) is 41.6. The van der Waals surface area contributed by atoms with Crippen LogP contribution in [0.15, 0.2) is 36.9 Å². The summed E-state index contributed by atoms with van der Waals surface area (Å²) in [6.45, 7) is 26.5. The largest absolute Gasteiger partial charge is 0.355 e. The van der Waals surface area contributed by atoms with Gasteiger partial charge in [-0.3, -0.25) is 9.59 Å². The number of aldehydes is 1. The molecule has 2 rings (SSSR count). The van der Waals surface area contributed by atoms with Gasteiger partial charge in [0.25, 0.3) is 0 Å². The number of nitrogens with one attached hydrogen (secondary N) is 5. The number of carbonyl (C=O) groups excluding carboxylic acids is 5. The number of ketones is 1. The molecule has 1 aromatic carbocycles. The molecule has 0 saturated carbocycles. The van der Waals surface area contributed by atoms with Gasteiger partial charge in [0.1, 0.15) is 12.1 Å². The lowest BCUT2D eigenvalue weighted by atomic mass is 9.98. The molecule has 0 fully saturated rings. The molecular weight excluding hydrogens is 654 g/mol. The van der Waals surface area contributed by atoms with Crippen LogP contribution in [0.1, 0.15) is 132 Å². The van der Waals surface area contributed by atoms with Crippen molar-refractivity contribution in [3.05, 3.63) is 48.0 Å². The smallest absolute Gasteiger partial charge is 0.315 e. The monoisotopic (exact) mass is 734 g/mol. The van der Waals surface area contributed by atoms with E-state index in [1.165, 1.54) is 37.8 Å². The third kappa shape index (κ3) is 48.1. The summed E-state index contributed by atoms with van der Waals surface area (Å²) >= 11 is 0. The number of terminal acetylenes is 1. The van der Waals surface area contributed by atoms with Crippen molar-refractivity contribution in [3.63, 3.8) is 0 Å². The van der Waals surface area contributed by atoms with Gasteiger partial charge in [-0.2, -0.15) is 0 Å². The number of benzene rings is 1. The minimum Gasteiger partial charge on any atom is -0.355 e. The van der Waals surface area contributed by atoms with Gasteiger partial charge in [-0.1, -0.05) is 98.6 Å². The first-order valence-electron chi connectivity index (χ1n) is 19.1. The lowest BCUT2D eigenvalue weighted by Crippen LogP contribution is -2.45. The van der Waals surface area contributed by atoms with Crippen LogP contribution in [0.5, 0.6) is 0 Å². The molecule has 0 spiro atoms. The average molecular weight is 734 g/mol. The average Bonchev–Trinajstić information content (AvgIpc) is 3.57. The molecule has 10 heteroatoms. The zero-order valence-electron chi connectivity index (χ0n) is 35.4. The fourth-order valence-corrected chi connectivity index (χ4v) is 3.77. The number of hydrogen-bond acceptors (Lipinski definition) is 6. The molecule has 2 unspecified atom stereocenters. The number of unbranched alkanes of at least 4 members (excludes halogenated alkanes) is 1. The maximum Gasteiger partial charge on any atom is 0.315 e. The first-order chi connectivity index (χ1) is 24.9. The van der Waals surface area contributed by atoms with Crippen LogP contribution in [-0.4, -0.2) is 69.7 Å². The Morgan fingerprint density at radius 1 is 0.923 bits per heavy atom. The highest BCUT2D eigenvalue weighted by Crippen LogP contribution is 2.28. The molecule has 0 bridgehead atoms. The van der Waals surface area contributed by atoms with Crippen molar-refractivity contribution >= 4 is 30.4 Å². The molecule has 0 saturated heterocycles. The summed E-state index contributed by atoms with van der Waals surface area (Å²) in [5.41, 5.74) is 2.56. The molecule has 2 atom stereocenters. The standard InChI is InChI=1S/C13H16N2O2.C12H22N2O.C4H7NO.C3H6O.2C3H8.2C2H6/c1-14-13(17)15-12(8-16)11-6-9-4-2-3-5-10(9)7-11;1-4-5-8-11(2)14-12(15)9-6-7-10-13-3;1-2-3-5-4-6;1-3(2)4;2*1-3-2;2*1-2/h2-5,8,11-12H,6-7H2,1H3,(H2,14,15,17);1,11,13H,5-10H2,2-3H3,(H,14,15);2,4H,1,3H2,(H,5,6);1-2H3;2*3H2,1-2H3;2*1-2H3. The first kappa shape index (κ1) is 60.1. The van der Waals surface area contributed by atoms with Crippen LogP contribution in [0.3, 0.4) is 0 Å². The van der Waals surface area contributed by atoms with E-state index >= 15 is 0 Å². The van der Waals surface area contributed by atoms with Crippen molar-refractivity contribution in [2.45, 2.75) is 146 Å². The maximum atomic E-state index is 11.4. The Kier molecular flexibility index (Phi) is 59.4. The normalized spacial score (nSPS) is 10.8. The van der Waals surface area contributed by atoms with E-state index < -0.39 is 6.04 Å². The number of rotatable bonds is 14. The summed E-state index contributed by atoms with van der Waals surface area (Å²) in [4.78, 5) is 52.5. The number of carbonyl (C=O) groups is 5. The Morgan fingerprint density at radius 3 is 1.75 bits per heavy atom. The van der Waals surface area contributed by atoms with Crippen LogP contribution in [0.25, 0.3) is 0 Å². The van der Waals surface area contributed by atoms with E-state index in [1.54, 1.807) is 13.1 Å². The number of urea groups is 1. The highest BCUT2D eigenvalue weighted by molar-refractivity contribution is 5.78. The van der Waals surface area contributed by atoms with E-state index in [2.05, 4.69) is 78.9 Å². The highest BCUT2D eigenvalue weighted by atomic mass is 16.2. The van der Waals surface area contributed by atoms with Crippen LogP contribution in [-0.2, 0) is 32.0 Å². The van der Waals surface area contributed by atoms with Gasteiger partial charge in [-0.15, -0.1) is 18.9 Å². The van der Waals surface area contributed by atoms with Gasteiger partial charge in [0, 0.05) is 32.5 Å². The van der Waals surface area contributed by atoms with Gasteiger partial charge in [0.15, 0.2) is 0 Å². The zero-order valence-corrected chi connectivity index (χ0v) is 35.4. The van der Waals surface area contributed by atoms with Gasteiger partial charge in [-0.05, 0) is 83.5 Å². The number of Topliss-reactive ketones (excluding diaryl/α,β-unsaturated/α-hetero) is 1.